The molecule has 0 saturated carbocycles. The number of carboxylic acids is 1. The minimum Gasteiger partial charge on any atom is -0.480 e. The minimum absolute atomic E-state index is 0.157. The molecule has 0 spiro atoms. The molecule has 2 atom stereocenters. The molecule has 0 saturated heterocycles. The van der Waals surface area contributed by atoms with Crippen LogP contribution in [0.4, 0.5) is 0 Å². The van der Waals surface area contributed by atoms with Crippen molar-refractivity contribution in [3.63, 3.8) is 0 Å². The Hall–Kier alpha value is -0.830. The number of carbonyl (C=O) groups is 1. The summed E-state index contributed by atoms with van der Waals surface area (Å²) >= 11 is 0. The molecule has 86 valence electrons. The van der Waals surface area contributed by atoms with E-state index in [-0.39, 0.29) is 6.54 Å². The smallest absolute Gasteiger partial charge is 0.317 e. The molecule has 0 bridgehead atoms. The first kappa shape index (κ1) is 12.2. The van der Waals surface area contributed by atoms with Crippen LogP contribution in [0.2, 0.25) is 0 Å². The lowest BCUT2D eigenvalue weighted by atomic mass is 9.99. The van der Waals surface area contributed by atoms with Crippen molar-refractivity contribution in [1.29, 1.82) is 0 Å². The monoisotopic (exact) mass is 211 g/mol. The Morgan fingerprint density at radius 1 is 1.67 bits per heavy atom. The van der Waals surface area contributed by atoms with Gasteiger partial charge in [-0.1, -0.05) is 19.1 Å². The summed E-state index contributed by atoms with van der Waals surface area (Å²) in [6.07, 6.45) is 8.74. The van der Waals surface area contributed by atoms with Crippen LogP contribution in [0.15, 0.2) is 12.2 Å². The molecule has 0 aromatic heterocycles. The Balaban J connectivity index is 2.65. The molecular weight excluding hydrogens is 190 g/mol. The highest BCUT2D eigenvalue weighted by atomic mass is 16.4. The van der Waals surface area contributed by atoms with Gasteiger partial charge >= 0.3 is 5.97 Å². The quantitative estimate of drug-likeness (QED) is 0.709. The van der Waals surface area contributed by atoms with E-state index in [1.807, 2.05) is 0 Å². The molecule has 15 heavy (non-hydrogen) atoms. The van der Waals surface area contributed by atoms with E-state index in [9.17, 15) is 4.79 Å². The second-order valence-electron chi connectivity index (χ2n) is 4.25. The maximum absolute atomic E-state index is 10.8. The van der Waals surface area contributed by atoms with E-state index in [1.54, 1.807) is 0 Å². The van der Waals surface area contributed by atoms with Gasteiger partial charge in [0.15, 0.2) is 0 Å². The fraction of sp³-hybridized carbons (Fsp3) is 0.750. The van der Waals surface area contributed by atoms with E-state index in [0.717, 1.165) is 19.3 Å². The Morgan fingerprint density at radius 3 is 2.87 bits per heavy atom. The van der Waals surface area contributed by atoms with Gasteiger partial charge < -0.3 is 5.11 Å². The standard InChI is InChI=1S/C12H21NO2/c1-3-10(2)13(9-12(14)15)11-7-5-4-6-8-11/h5,7,10-11H,3-4,6,8-9H2,1-2H3,(H,14,15). The molecule has 2 unspecified atom stereocenters. The van der Waals surface area contributed by atoms with Gasteiger partial charge in [-0.25, -0.2) is 0 Å². The molecule has 0 amide bonds. The Morgan fingerprint density at radius 2 is 2.40 bits per heavy atom. The zero-order chi connectivity index (χ0) is 11.3. The number of allylic oxidation sites excluding steroid dienone is 1. The van der Waals surface area contributed by atoms with Crippen molar-refractivity contribution in [2.24, 2.45) is 0 Å². The summed E-state index contributed by atoms with van der Waals surface area (Å²) in [5.41, 5.74) is 0. The summed E-state index contributed by atoms with van der Waals surface area (Å²) in [7, 11) is 0. The lowest BCUT2D eigenvalue weighted by Gasteiger charge is -2.34. The number of nitrogens with zero attached hydrogens (tertiary/aromatic N) is 1. The van der Waals surface area contributed by atoms with Crippen LogP contribution in [-0.4, -0.2) is 34.6 Å². The first-order valence-electron chi connectivity index (χ1n) is 5.79. The third kappa shape index (κ3) is 3.67. The van der Waals surface area contributed by atoms with Gasteiger partial charge in [0.25, 0.3) is 0 Å². The SMILES string of the molecule is CCC(C)N(CC(=O)O)C1C=CCCC1. The highest BCUT2D eigenvalue weighted by molar-refractivity contribution is 5.69. The number of hydrogen-bond acceptors (Lipinski definition) is 2. The summed E-state index contributed by atoms with van der Waals surface area (Å²) in [5.74, 6) is -0.728. The molecule has 0 aromatic carbocycles. The lowest BCUT2D eigenvalue weighted by molar-refractivity contribution is -0.139. The van der Waals surface area contributed by atoms with E-state index in [4.69, 9.17) is 5.11 Å². The Labute approximate surface area is 91.8 Å². The predicted molar refractivity (Wildman–Crippen MR) is 60.9 cm³/mol. The maximum Gasteiger partial charge on any atom is 0.317 e. The Bertz CT molecular complexity index is 238. The van der Waals surface area contributed by atoms with Crippen molar-refractivity contribution in [1.82, 2.24) is 4.90 Å². The molecule has 1 N–H and O–H groups in total. The number of rotatable bonds is 5. The average Bonchev–Trinajstić information content (AvgIpc) is 2.26. The van der Waals surface area contributed by atoms with E-state index in [0.29, 0.717) is 12.1 Å². The van der Waals surface area contributed by atoms with Gasteiger partial charge in [0, 0.05) is 12.1 Å². The largest absolute Gasteiger partial charge is 0.480 e. The van der Waals surface area contributed by atoms with Gasteiger partial charge in [-0.05, 0) is 32.6 Å². The minimum atomic E-state index is -0.728. The maximum atomic E-state index is 10.8. The average molecular weight is 211 g/mol. The fourth-order valence-electron chi connectivity index (χ4n) is 2.06. The number of hydrogen-bond donors (Lipinski definition) is 1. The van der Waals surface area contributed by atoms with Crippen molar-refractivity contribution in [2.75, 3.05) is 6.54 Å². The van der Waals surface area contributed by atoms with Crippen LogP contribution in [0, 0.1) is 0 Å². The highest BCUT2D eigenvalue weighted by Crippen LogP contribution is 2.19. The molecule has 3 nitrogen and oxygen atoms in total. The van der Waals surface area contributed by atoms with Gasteiger partial charge in [0.2, 0.25) is 0 Å². The fourth-order valence-corrected chi connectivity index (χ4v) is 2.06. The van der Waals surface area contributed by atoms with Crippen molar-refractivity contribution >= 4 is 5.97 Å². The van der Waals surface area contributed by atoms with Crippen LogP contribution in [0.5, 0.6) is 0 Å². The molecule has 0 heterocycles. The molecule has 3 heteroatoms. The van der Waals surface area contributed by atoms with Crippen LogP contribution >= 0.6 is 0 Å². The first-order chi connectivity index (χ1) is 7.15. The van der Waals surface area contributed by atoms with E-state index >= 15 is 0 Å². The zero-order valence-corrected chi connectivity index (χ0v) is 9.65. The van der Waals surface area contributed by atoms with Crippen LogP contribution in [-0.2, 0) is 4.79 Å². The number of carboxylic acid groups (broad SMARTS) is 1. The van der Waals surface area contributed by atoms with Gasteiger partial charge in [-0.2, -0.15) is 0 Å². The summed E-state index contributed by atoms with van der Waals surface area (Å²) in [5, 5.41) is 8.89. The second-order valence-corrected chi connectivity index (χ2v) is 4.25. The van der Waals surface area contributed by atoms with Gasteiger partial charge in [-0.3, -0.25) is 9.69 Å². The molecule has 1 aliphatic carbocycles. The van der Waals surface area contributed by atoms with Gasteiger partial charge in [-0.15, -0.1) is 0 Å². The molecule has 1 rings (SSSR count). The first-order valence-corrected chi connectivity index (χ1v) is 5.79. The normalized spacial score (nSPS) is 23.0. The predicted octanol–water partition coefficient (Wildman–Crippen LogP) is 2.28. The van der Waals surface area contributed by atoms with Crippen LogP contribution in [0.25, 0.3) is 0 Å². The third-order valence-electron chi connectivity index (χ3n) is 3.13. The lowest BCUT2D eigenvalue weighted by Crippen LogP contribution is -2.44. The van der Waals surface area contributed by atoms with Crippen molar-refractivity contribution < 1.29 is 9.90 Å². The molecule has 1 aliphatic rings. The van der Waals surface area contributed by atoms with E-state index in [1.165, 1.54) is 6.42 Å². The molecule has 0 aromatic rings. The van der Waals surface area contributed by atoms with Crippen molar-refractivity contribution in [2.45, 2.75) is 51.6 Å². The van der Waals surface area contributed by atoms with E-state index in [2.05, 4.69) is 30.9 Å². The van der Waals surface area contributed by atoms with Crippen molar-refractivity contribution in [3.05, 3.63) is 12.2 Å². The van der Waals surface area contributed by atoms with Gasteiger partial charge in [0.1, 0.15) is 0 Å². The second kappa shape index (κ2) is 5.91. The van der Waals surface area contributed by atoms with Crippen LogP contribution in [0.1, 0.15) is 39.5 Å². The molecular formula is C12H21NO2. The summed E-state index contributed by atoms with van der Waals surface area (Å²) in [6, 6.07) is 0.665. The van der Waals surface area contributed by atoms with Crippen LogP contribution in [0.3, 0.4) is 0 Å². The topological polar surface area (TPSA) is 40.5 Å². The van der Waals surface area contributed by atoms with E-state index < -0.39 is 5.97 Å². The molecule has 0 radical (unpaired) electrons. The summed E-state index contributed by atoms with van der Waals surface area (Å²) in [6.45, 7) is 4.36. The highest BCUT2D eigenvalue weighted by Gasteiger charge is 2.23. The number of aliphatic carboxylic acids is 1. The zero-order valence-electron chi connectivity index (χ0n) is 9.65. The summed E-state index contributed by atoms with van der Waals surface area (Å²) in [4.78, 5) is 12.9. The third-order valence-corrected chi connectivity index (χ3v) is 3.13. The molecule has 0 aliphatic heterocycles. The summed E-state index contributed by atoms with van der Waals surface area (Å²) < 4.78 is 0. The Kier molecular flexibility index (Phi) is 4.82. The van der Waals surface area contributed by atoms with Gasteiger partial charge in [0.05, 0.1) is 6.54 Å². The van der Waals surface area contributed by atoms with Crippen molar-refractivity contribution in [3.8, 4) is 0 Å². The van der Waals surface area contributed by atoms with Crippen LogP contribution < -0.4 is 0 Å². The molecule has 0 fully saturated rings.